The molecule has 3 heteroatoms. The van der Waals surface area contributed by atoms with Crippen LogP contribution in [-0.2, 0) is 4.74 Å². The van der Waals surface area contributed by atoms with E-state index in [0.29, 0.717) is 25.2 Å². The summed E-state index contributed by atoms with van der Waals surface area (Å²) in [6.07, 6.45) is 0.313. The smallest absolute Gasteiger partial charge is 0.119 e. The average molecular weight is 207 g/mol. The van der Waals surface area contributed by atoms with Crippen molar-refractivity contribution in [2.24, 2.45) is 5.73 Å². The van der Waals surface area contributed by atoms with Crippen molar-refractivity contribution in [1.82, 2.24) is 0 Å². The fourth-order valence-electron chi connectivity index (χ4n) is 1.38. The molecule has 0 aromatic heterocycles. The molecule has 2 unspecified atom stereocenters. The van der Waals surface area contributed by atoms with Crippen molar-refractivity contribution in [2.75, 3.05) is 19.8 Å². The van der Waals surface area contributed by atoms with Crippen molar-refractivity contribution in [3.8, 4) is 5.75 Å². The molecule has 0 amide bonds. The lowest BCUT2D eigenvalue weighted by Gasteiger charge is -2.10. The van der Waals surface area contributed by atoms with E-state index in [9.17, 15) is 0 Å². The summed E-state index contributed by atoms with van der Waals surface area (Å²) in [5, 5.41) is 0. The van der Waals surface area contributed by atoms with Crippen LogP contribution in [0, 0.1) is 0 Å². The second-order valence-electron chi connectivity index (χ2n) is 3.97. The first kappa shape index (κ1) is 10.5. The van der Waals surface area contributed by atoms with E-state index in [1.807, 2.05) is 12.1 Å². The summed E-state index contributed by atoms with van der Waals surface area (Å²) in [6.45, 7) is 4.29. The Morgan fingerprint density at radius 2 is 2.13 bits per heavy atom. The summed E-state index contributed by atoms with van der Waals surface area (Å²) in [4.78, 5) is 0. The SMILES string of the molecule is CC(CN)c1ccc(OCC2CO2)cc1. The molecule has 1 saturated heterocycles. The molecule has 82 valence electrons. The van der Waals surface area contributed by atoms with Crippen LogP contribution in [-0.4, -0.2) is 25.9 Å². The standard InChI is InChI=1S/C12H17NO2/c1-9(6-13)10-2-4-11(5-3-10)14-7-12-8-15-12/h2-5,9,12H,6-8,13H2,1H3. The van der Waals surface area contributed by atoms with E-state index in [1.54, 1.807) is 0 Å². The lowest BCUT2D eigenvalue weighted by Crippen LogP contribution is -2.09. The Bertz CT molecular complexity index is 306. The van der Waals surface area contributed by atoms with Crippen molar-refractivity contribution in [2.45, 2.75) is 18.9 Å². The zero-order valence-electron chi connectivity index (χ0n) is 8.98. The Kier molecular flexibility index (Phi) is 3.23. The highest BCUT2D eigenvalue weighted by Gasteiger charge is 2.22. The van der Waals surface area contributed by atoms with Gasteiger partial charge in [0, 0.05) is 0 Å². The molecule has 2 atom stereocenters. The Hall–Kier alpha value is -1.06. The van der Waals surface area contributed by atoms with Gasteiger partial charge in [-0.1, -0.05) is 19.1 Å². The molecule has 1 aliphatic heterocycles. The summed E-state index contributed by atoms with van der Waals surface area (Å²) < 4.78 is 10.6. The zero-order chi connectivity index (χ0) is 10.7. The normalized spacial score (nSPS) is 21.1. The predicted octanol–water partition coefficient (Wildman–Crippen LogP) is 1.53. The predicted molar refractivity (Wildman–Crippen MR) is 59.1 cm³/mol. The van der Waals surface area contributed by atoms with Crippen LogP contribution in [0.3, 0.4) is 0 Å². The summed E-state index contributed by atoms with van der Waals surface area (Å²) in [6, 6.07) is 8.12. The molecular formula is C12H17NO2. The van der Waals surface area contributed by atoms with Crippen LogP contribution in [0.2, 0.25) is 0 Å². The zero-order valence-corrected chi connectivity index (χ0v) is 8.98. The Labute approximate surface area is 90.2 Å². The lowest BCUT2D eigenvalue weighted by molar-refractivity contribution is 0.263. The first-order chi connectivity index (χ1) is 7.29. The van der Waals surface area contributed by atoms with Crippen molar-refractivity contribution in [1.29, 1.82) is 0 Å². The summed E-state index contributed by atoms with van der Waals surface area (Å²) >= 11 is 0. The van der Waals surface area contributed by atoms with E-state index < -0.39 is 0 Å². The maximum atomic E-state index is 5.60. The van der Waals surface area contributed by atoms with Crippen molar-refractivity contribution in [3.05, 3.63) is 29.8 Å². The molecule has 2 N–H and O–H groups in total. The van der Waals surface area contributed by atoms with Gasteiger partial charge in [0.25, 0.3) is 0 Å². The van der Waals surface area contributed by atoms with Gasteiger partial charge in [0.15, 0.2) is 0 Å². The summed E-state index contributed by atoms with van der Waals surface area (Å²) in [7, 11) is 0. The van der Waals surface area contributed by atoms with Crippen LogP contribution in [0.4, 0.5) is 0 Å². The van der Waals surface area contributed by atoms with Crippen molar-refractivity contribution in [3.63, 3.8) is 0 Å². The molecular weight excluding hydrogens is 190 g/mol. The number of nitrogens with two attached hydrogens (primary N) is 1. The molecule has 1 heterocycles. The van der Waals surface area contributed by atoms with Gasteiger partial charge < -0.3 is 15.2 Å². The Morgan fingerprint density at radius 1 is 1.47 bits per heavy atom. The van der Waals surface area contributed by atoms with E-state index in [-0.39, 0.29) is 0 Å². The molecule has 15 heavy (non-hydrogen) atoms. The molecule has 0 radical (unpaired) electrons. The number of hydrogen-bond donors (Lipinski definition) is 1. The number of hydrogen-bond acceptors (Lipinski definition) is 3. The van der Waals surface area contributed by atoms with E-state index in [2.05, 4.69) is 19.1 Å². The van der Waals surface area contributed by atoms with Gasteiger partial charge in [0.2, 0.25) is 0 Å². The van der Waals surface area contributed by atoms with Crippen molar-refractivity contribution >= 4 is 0 Å². The fraction of sp³-hybridized carbons (Fsp3) is 0.500. The van der Waals surface area contributed by atoms with Crippen LogP contribution >= 0.6 is 0 Å². The Morgan fingerprint density at radius 3 is 2.67 bits per heavy atom. The number of benzene rings is 1. The molecule has 0 saturated carbocycles. The summed E-state index contributed by atoms with van der Waals surface area (Å²) in [5.41, 5.74) is 6.86. The quantitative estimate of drug-likeness (QED) is 0.745. The highest BCUT2D eigenvalue weighted by atomic mass is 16.6. The molecule has 0 spiro atoms. The van der Waals surface area contributed by atoms with E-state index in [0.717, 1.165) is 12.4 Å². The Balaban J connectivity index is 1.90. The molecule has 2 rings (SSSR count). The van der Waals surface area contributed by atoms with Gasteiger partial charge in [0.05, 0.1) is 6.61 Å². The highest BCUT2D eigenvalue weighted by Crippen LogP contribution is 2.19. The third kappa shape index (κ3) is 2.94. The molecule has 1 aliphatic rings. The molecule has 3 nitrogen and oxygen atoms in total. The second kappa shape index (κ2) is 4.64. The van der Waals surface area contributed by atoms with Crippen LogP contribution in [0.5, 0.6) is 5.75 Å². The monoisotopic (exact) mass is 207 g/mol. The van der Waals surface area contributed by atoms with Gasteiger partial charge in [-0.2, -0.15) is 0 Å². The maximum absolute atomic E-state index is 5.60. The lowest BCUT2D eigenvalue weighted by atomic mass is 10.0. The number of ether oxygens (including phenoxy) is 2. The second-order valence-corrected chi connectivity index (χ2v) is 3.97. The van der Waals surface area contributed by atoms with Gasteiger partial charge in [-0.25, -0.2) is 0 Å². The topological polar surface area (TPSA) is 47.8 Å². The molecule has 0 aliphatic carbocycles. The maximum Gasteiger partial charge on any atom is 0.119 e. The van der Waals surface area contributed by atoms with Gasteiger partial charge in [-0.05, 0) is 30.2 Å². The van der Waals surface area contributed by atoms with Gasteiger partial charge in [-0.3, -0.25) is 0 Å². The first-order valence-corrected chi connectivity index (χ1v) is 5.34. The van der Waals surface area contributed by atoms with Crippen LogP contribution < -0.4 is 10.5 Å². The van der Waals surface area contributed by atoms with Gasteiger partial charge >= 0.3 is 0 Å². The minimum absolute atomic E-state index is 0.313. The van der Waals surface area contributed by atoms with Crippen LogP contribution in [0.25, 0.3) is 0 Å². The average Bonchev–Trinajstić information content (AvgIpc) is 3.10. The fourth-order valence-corrected chi connectivity index (χ4v) is 1.38. The summed E-state index contributed by atoms with van der Waals surface area (Å²) in [5.74, 6) is 1.31. The van der Waals surface area contributed by atoms with Gasteiger partial charge in [0.1, 0.15) is 18.5 Å². The van der Waals surface area contributed by atoms with Crippen LogP contribution in [0.15, 0.2) is 24.3 Å². The van der Waals surface area contributed by atoms with E-state index >= 15 is 0 Å². The molecule has 1 fully saturated rings. The number of epoxide rings is 1. The largest absolute Gasteiger partial charge is 0.491 e. The molecule has 1 aromatic carbocycles. The third-order valence-electron chi connectivity index (χ3n) is 2.64. The van der Waals surface area contributed by atoms with E-state index in [4.69, 9.17) is 15.2 Å². The van der Waals surface area contributed by atoms with Crippen molar-refractivity contribution < 1.29 is 9.47 Å². The van der Waals surface area contributed by atoms with Gasteiger partial charge in [-0.15, -0.1) is 0 Å². The highest BCUT2D eigenvalue weighted by molar-refractivity contribution is 5.29. The number of rotatable bonds is 5. The van der Waals surface area contributed by atoms with E-state index in [1.165, 1.54) is 5.56 Å². The third-order valence-corrected chi connectivity index (χ3v) is 2.64. The minimum atomic E-state index is 0.313. The molecule has 0 bridgehead atoms. The first-order valence-electron chi connectivity index (χ1n) is 5.34. The van der Waals surface area contributed by atoms with Crippen LogP contribution in [0.1, 0.15) is 18.4 Å². The minimum Gasteiger partial charge on any atom is -0.491 e. The molecule has 1 aromatic rings.